The maximum Gasteiger partial charge on any atom is 0.256 e. The minimum Gasteiger partial charge on any atom is -0.493 e. The molecule has 0 saturated carbocycles. The lowest BCUT2D eigenvalue weighted by molar-refractivity contribution is -0.142. The van der Waals surface area contributed by atoms with Crippen molar-refractivity contribution in [3.63, 3.8) is 0 Å². The zero-order valence-corrected chi connectivity index (χ0v) is 29.9. The fraction of sp³-hybridized carbons (Fsp3) is 0.368. The molecule has 1 aromatic heterocycles. The molecule has 280 valence electrons. The molecule has 4 amide bonds. The van der Waals surface area contributed by atoms with Gasteiger partial charge < -0.3 is 40.2 Å². The van der Waals surface area contributed by atoms with Gasteiger partial charge in [-0.05, 0) is 36.2 Å². The van der Waals surface area contributed by atoms with Gasteiger partial charge in [-0.1, -0.05) is 65.9 Å². The molecule has 0 spiro atoms. The molecular formula is C38H45N7O8. The quantitative estimate of drug-likeness (QED) is 0.203. The smallest absolute Gasteiger partial charge is 0.256 e. The highest BCUT2D eigenvalue weighted by atomic mass is 16.5. The van der Waals surface area contributed by atoms with E-state index in [1.165, 1.54) is 27.2 Å². The largest absolute Gasteiger partial charge is 0.493 e. The number of methoxy groups -OCH3 is 2. The number of ether oxygens (including phenoxy) is 3. The highest BCUT2D eigenvalue weighted by Crippen LogP contribution is 2.28. The number of aliphatic hydroxyl groups excluding tert-OH is 1. The maximum atomic E-state index is 13.9. The van der Waals surface area contributed by atoms with Crippen molar-refractivity contribution in [3.05, 3.63) is 107 Å². The van der Waals surface area contributed by atoms with Crippen molar-refractivity contribution in [1.29, 1.82) is 0 Å². The third kappa shape index (κ3) is 10.4. The number of fused-ring (bicyclic) bond motifs is 16. The third-order valence-corrected chi connectivity index (χ3v) is 8.75. The molecule has 4 N–H and O–H groups in total. The van der Waals surface area contributed by atoms with E-state index in [2.05, 4.69) is 26.3 Å². The predicted molar refractivity (Wildman–Crippen MR) is 193 cm³/mol. The molecule has 0 unspecified atom stereocenters. The molecule has 0 aliphatic carbocycles. The molecule has 15 nitrogen and oxygen atoms in total. The molecule has 0 saturated heterocycles. The Morgan fingerprint density at radius 1 is 0.962 bits per heavy atom. The van der Waals surface area contributed by atoms with Crippen molar-refractivity contribution < 1.29 is 38.5 Å². The normalized spacial score (nSPS) is 18.9. The number of hydrogen-bond acceptors (Lipinski definition) is 10. The van der Waals surface area contributed by atoms with Crippen LogP contribution in [0, 0.1) is 0 Å². The van der Waals surface area contributed by atoms with E-state index < -0.39 is 42.0 Å². The number of rotatable bonds is 7. The van der Waals surface area contributed by atoms with Gasteiger partial charge in [0.1, 0.15) is 18.7 Å². The van der Waals surface area contributed by atoms with Gasteiger partial charge in [-0.25, -0.2) is 4.68 Å². The number of carbonyl (C=O) groups is 4. The lowest BCUT2D eigenvalue weighted by Gasteiger charge is -2.28. The second kappa shape index (κ2) is 18.6. The number of benzene rings is 3. The fourth-order valence-electron chi connectivity index (χ4n) is 5.88. The Labute approximate surface area is 307 Å². The molecule has 4 bridgehead atoms. The van der Waals surface area contributed by atoms with Crippen molar-refractivity contribution in [1.82, 2.24) is 35.8 Å². The average Bonchev–Trinajstić information content (AvgIpc) is 3.62. The molecule has 0 radical (unpaired) electrons. The molecule has 3 heterocycles. The van der Waals surface area contributed by atoms with Crippen LogP contribution in [0.2, 0.25) is 0 Å². The maximum absolute atomic E-state index is 13.9. The Kier molecular flexibility index (Phi) is 13.5. The fourth-order valence-corrected chi connectivity index (χ4v) is 5.88. The van der Waals surface area contributed by atoms with Gasteiger partial charge in [0.2, 0.25) is 11.8 Å². The van der Waals surface area contributed by atoms with E-state index in [1.54, 1.807) is 40.0 Å². The molecule has 4 aromatic rings. The van der Waals surface area contributed by atoms with Crippen LogP contribution in [0.15, 0.2) is 85.1 Å². The summed E-state index contributed by atoms with van der Waals surface area (Å²) in [6.07, 6.45) is 0.0375. The van der Waals surface area contributed by atoms with Crippen LogP contribution < -0.4 is 25.4 Å². The van der Waals surface area contributed by atoms with Crippen molar-refractivity contribution in [2.45, 2.75) is 50.6 Å². The van der Waals surface area contributed by atoms with Crippen molar-refractivity contribution in [3.8, 4) is 11.5 Å². The summed E-state index contributed by atoms with van der Waals surface area (Å²) in [5, 5.41) is 27.2. The van der Waals surface area contributed by atoms with Gasteiger partial charge >= 0.3 is 0 Å². The first-order valence-electron chi connectivity index (χ1n) is 17.3. The lowest BCUT2D eigenvalue weighted by atomic mass is 10.0. The van der Waals surface area contributed by atoms with Crippen molar-refractivity contribution in [2.75, 3.05) is 40.5 Å². The summed E-state index contributed by atoms with van der Waals surface area (Å²) in [6.45, 7) is 2.27. The second-order valence-corrected chi connectivity index (χ2v) is 12.5. The van der Waals surface area contributed by atoms with Gasteiger partial charge in [-0.2, -0.15) is 0 Å². The summed E-state index contributed by atoms with van der Waals surface area (Å²) in [5.41, 5.74) is 2.28. The van der Waals surface area contributed by atoms with E-state index in [0.717, 1.165) is 5.56 Å². The standard InChI is InChI=1S/C38H45N7O8/c1-25(46)33-37(49)39-17-19-44(38(50)34(52-3)27-12-8-5-9-13-27)18-16-29-24-45(43-42-29)20-21-53-31-15-14-28(23-32(31)51-2)35(47)40-30(36(48)41-33)22-26-10-6-4-7-11-26/h4-15,23-25,30,33-34,46H,16-22H2,1-3H3,(H,39,49)(H,40,47)(H,41,48)/t25-,30-,33+,34+/m1/s1. The van der Waals surface area contributed by atoms with E-state index in [4.69, 9.17) is 14.2 Å². The Bertz CT molecular complexity index is 1840. The molecule has 3 aromatic carbocycles. The van der Waals surface area contributed by atoms with Gasteiger partial charge in [-0.15, -0.1) is 5.10 Å². The number of nitrogens with zero attached hydrogens (tertiary/aromatic N) is 4. The number of aliphatic hydroxyl groups is 1. The Hall–Kier alpha value is -5.80. The summed E-state index contributed by atoms with van der Waals surface area (Å²) in [4.78, 5) is 56.2. The molecule has 6 rings (SSSR count). The Morgan fingerprint density at radius 2 is 1.70 bits per heavy atom. The predicted octanol–water partition coefficient (Wildman–Crippen LogP) is 1.46. The van der Waals surface area contributed by atoms with Gasteiger partial charge in [0.05, 0.1) is 25.5 Å². The van der Waals surface area contributed by atoms with Crippen LogP contribution in [0.5, 0.6) is 11.5 Å². The van der Waals surface area contributed by atoms with Crippen molar-refractivity contribution >= 4 is 23.6 Å². The molecule has 0 fully saturated rings. The first-order chi connectivity index (χ1) is 25.7. The van der Waals surface area contributed by atoms with E-state index in [0.29, 0.717) is 35.7 Å². The van der Waals surface area contributed by atoms with Gasteiger partial charge in [0, 0.05) is 51.3 Å². The third-order valence-electron chi connectivity index (χ3n) is 8.75. The van der Waals surface area contributed by atoms with Crippen LogP contribution in [0.4, 0.5) is 0 Å². The Morgan fingerprint density at radius 3 is 2.40 bits per heavy atom. The number of hydrogen-bond donors (Lipinski definition) is 4. The van der Waals surface area contributed by atoms with E-state index >= 15 is 0 Å². The number of amides is 4. The van der Waals surface area contributed by atoms with E-state index in [9.17, 15) is 24.3 Å². The van der Waals surface area contributed by atoms with E-state index in [-0.39, 0.29) is 44.1 Å². The molecule has 2 aliphatic rings. The summed E-state index contributed by atoms with van der Waals surface area (Å²) in [7, 11) is 2.91. The molecule has 53 heavy (non-hydrogen) atoms. The van der Waals surface area contributed by atoms with Crippen LogP contribution in [0.25, 0.3) is 0 Å². The number of carbonyl (C=O) groups excluding carboxylic acids is 4. The lowest BCUT2D eigenvalue weighted by Crippen LogP contribution is -2.58. The molecular weight excluding hydrogens is 682 g/mol. The van der Waals surface area contributed by atoms with Crippen LogP contribution in [0.1, 0.15) is 40.2 Å². The highest BCUT2D eigenvalue weighted by molar-refractivity contribution is 5.99. The van der Waals surface area contributed by atoms with Crippen LogP contribution in [-0.2, 0) is 38.5 Å². The first kappa shape index (κ1) is 38.4. The summed E-state index contributed by atoms with van der Waals surface area (Å²) in [5.74, 6) is -1.53. The zero-order chi connectivity index (χ0) is 37.7. The minimum atomic E-state index is -1.37. The van der Waals surface area contributed by atoms with Gasteiger partial charge in [0.25, 0.3) is 11.8 Å². The van der Waals surface area contributed by atoms with Gasteiger partial charge in [0.15, 0.2) is 17.6 Å². The van der Waals surface area contributed by atoms with Crippen LogP contribution in [-0.4, -0.2) is 107 Å². The summed E-state index contributed by atoms with van der Waals surface area (Å²) in [6, 6.07) is 20.3. The highest BCUT2D eigenvalue weighted by Gasteiger charge is 2.31. The topological polar surface area (TPSA) is 186 Å². The SMILES string of the molecule is COc1cc2ccc1OCCn1cc(nn1)CCN(C(=O)[C@@H](OC)c1ccccc1)CCNC(=O)[C@H]([C@@H](C)O)NC(=O)[C@@H](Cc1ccccc1)NC2=O. The number of aromatic nitrogens is 3. The first-order valence-corrected chi connectivity index (χ1v) is 17.3. The Balaban J connectivity index is 1.43. The second-order valence-electron chi connectivity index (χ2n) is 12.5. The van der Waals surface area contributed by atoms with Crippen LogP contribution in [0.3, 0.4) is 0 Å². The monoisotopic (exact) mass is 727 g/mol. The van der Waals surface area contributed by atoms with Gasteiger partial charge in [-0.3, -0.25) is 19.2 Å². The van der Waals surface area contributed by atoms with E-state index in [1.807, 2.05) is 48.5 Å². The molecule has 2 aliphatic heterocycles. The zero-order valence-electron chi connectivity index (χ0n) is 29.9. The number of nitrogens with one attached hydrogen (secondary N) is 3. The van der Waals surface area contributed by atoms with Crippen LogP contribution >= 0.6 is 0 Å². The average molecular weight is 728 g/mol. The minimum absolute atomic E-state index is 0.000747. The van der Waals surface area contributed by atoms with Crippen molar-refractivity contribution in [2.24, 2.45) is 0 Å². The summed E-state index contributed by atoms with van der Waals surface area (Å²) >= 11 is 0. The molecule has 4 atom stereocenters. The molecule has 15 heteroatoms. The summed E-state index contributed by atoms with van der Waals surface area (Å²) < 4.78 is 18.7.